The van der Waals surface area contributed by atoms with E-state index in [1.165, 1.54) is 19.1 Å². The molecule has 0 aromatic heterocycles. The lowest BCUT2D eigenvalue weighted by molar-refractivity contribution is -0.144. The Morgan fingerprint density at radius 2 is 1.38 bits per heavy atom. The lowest BCUT2D eigenvalue weighted by Crippen LogP contribution is -2.49. The molecule has 8 nitrogen and oxygen atoms in total. The largest absolute Gasteiger partial charge is 0.497 e. The van der Waals surface area contributed by atoms with Gasteiger partial charge in [-0.1, -0.05) is 60.6 Å². The molecule has 1 aliphatic heterocycles. The molecule has 0 fully saturated rings. The fraction of sp³-hybridized carbons (Fsp3) is 0.448. The van der Waals surface area contributed by atoms with E-state index in [1.807, 2.05) is 53.7 Å². The van der Waals surface area contributed by atoms with Gasteiger partial charge in [0, 0.05) is 11.1 Å². The fourth-order valence-corrected chi connectivity index (χ4v) is 4.54. The number of methoxy groups -OCH3 is 1. The van der Waals surface area contributed by atoms with Crippen LogP contribution in [0.5, 0.6) is 11.5 Å². The predicted molar refractivity (Wildman–Crippen MR) is 138 cm³/mol. The molecule has 0 saturated heterocycles. The van der Waals surface area contributed by atoms with Gasteiger partial charge in [0.25, 0.3) is 11.8 Å². The second kappa shape index (κ2) is 10.00. The summed E-state index contributed by atoms with van der Waals surface area (Å²) in [6, 6.07) is 8.33. The van der Waals surface area contributed by atoms with E-state index in [0.717, 1.165) is 16.0 Å². The van der Waals surface area contributed by atoms with Crippen molar-refractivity contribution in [3.8, 4) is 11.5 Å². The number of benzene rings is 2. The molecule has 0 unspecified atom stereocenters. The molecule has 1 heterocycles. The monoisotopic (exact) mass is 509 g/mol. The molecule has 2 aromatic carbocycles. The molecule has 8 heteroatoms. The van der Waals surface area contributed by atoms with Crippen LogP contribution in [0.15, 0.2) is 36.4 Å². The maximum atomic E-state index is 13.2. The van der Waals surface area contributed by atoms with Crippen molar-refractivity contribution in [2.75, 3.05) is 7.11 Å². The molecule has 0 spiro atoms. The Hall–Kier alpha value is -3.68. The smallest absolute Gasteiger partial charge is 0.327 e. The first-order valence-corrected chi connectivity index (χ1v) is 12.2. The van der Waals surface area contributed by atoms with Gasteiger partial charge in [-0.25, -0.2) is 4.79 Å². The third kappa shape index (κ3) is 5.53. The van der Waals surface area contributed by atoms with E-state index in [9.17, 15) is 24.3 Å². The summed E-state index contributed by atoms with van der Waals surface area (Å²) in [5, 5.41) is 9.97. The van der Waals surface area contributed by atoms with Crippen molar-refractivity contribution in [3.63, 3.8) is 0 Å². The number of carboxylic acid groups (broad SMARTS) is 1. The molecule has 0 saturated carbocycles. The number of ether oxygens (including phenoxy) is 2. The van der Waals surface area contributed by atoms with Crippen LogP contribution in [0, 0.1) is 5.92 Å². The van der Waals surface area contributed by atoms with Gasteiger partial charge < -0.3 is 14.6 Å². The van der Waals surface area contributed by atoms with Gasteiger partial charge in [-0.05, 0) is 41.0 Å². The van der Waals surface area contributed by atoms with Crippen LogP contribution in [0.2, 0.25) is 0 Å². The number of rotatable bonds is 7. The summed E-state index contributed by atoms with van der Waals surface area (Å²) in [5.41, 5.74) is 1.06. The molecule has 0 radical (unpaired) electrons. The van der Waals surface area contributed by atoms with E-state index in [-0.39, 0.29) is 28.4 Å². The molecule has 37 heavy (non-hydrogen) atoms. The first kappa shape index (κ1) is 27.9. The Morgan fingerprint density at radius 1 is 0.919 bits per heavy atom. The molecule has 1 aliphatic rings. The van der Waals surface area contributed by atoms with Crippen LogP contribution >= 0.6 is 0 Å². The van der Waals surface area contributed by atoms with Crippen molar-refractivity contribution in [1.29, 1.82) is 0 Å². The Balaban J connectivity index is 1.93. The maximum Gasteiger partial charge on any atom is 0.327 e. The van der Waals surface area contributed by atoms with Gasteiger partial charge in [-0.3, -0.25) is 19.3 Å². The number of carbonyl (C=O) groups excluding carboxylic acids is 3. The summed E-state index contributed by atoms with van der Waals surface area (Å²) >= 11 is 0. The second-order valence-corrected chi connectivity index (χ2v) is 11.5. The topological polar surface area (TPSA) is 110 Å². The average molecular weight is 510 g/mol. The molecule has 2 atom stereocenters. The van der Waals surface area contributed by atoms with Crippen LogP contribution in [0.25, 0.3) is 0 Å². The van der Waals surface area contributed by atoms with Crippen molar-refractivity contribution in [3.05, 3.63) is 58.7 Å². The van der Waals surface area contributed by atoms with Crippen LogP contribution < -0.4 is 9.47 Å². The zero-order valence-electron chi connectivity index (χ0n) is 22.7. The van der Waals surface area contributed by atoms with Crippen LogP contribution in [-0.4, -0.2) is 46.9 Å². The molecule has 2 aromatic rings. The van der Waals surface area contributed by atoms with Gasteiger partial charge in [0.15, 0.2) is 0 Å². The number of hydrogen-bond donors (Lipinski definition) is 1. The minimum absolute atomic E-state index is 0.149. The van der Waals surface area contributed by atoms with E-state index in [0.29, 0.717) is 11.5 Å². The Bertz CT molecular complexity index is 1180. The highest BCUT2D eigenvalue weighted by Crippen LogP contribution is 2.43. The number of aliphatic carboxylic acids is 1. The fourth-order valence-electron chi connectivity index (χ4n) is 4.54. The van der Waals surface area contributed by atoms with Crippen LogP contribution in [0.1, 0.15) is 86.7 Å². The number of carbonyl (C=O) groups is 4. The van der Waals surface area contributed by atoms with E-state index < -0.39 is 35.7 Å². The zero-order chi connectivity index (χ0) is 27.9. The molecule has 1 N–H and O–H groups in total. The van der Waals surface area contributed by atoms with Gasteiger partial charge >= 0.3 is 11.9 Å². The number of fused-ring (bicyclic) bond motifs is 1. The standard InChI is InChI=1S/C29H35NO7/c1-16(23(27(34)35)30-25(32)18-11-9-10-12-19(18)26(30)33)13-22(31)37-24-20(28(2,3)4)14-17(36-8)15-21(24)29(5,6)7/h9-12,14-16,23H,13H2,1-8H3,(H,34,35)/t16-,23-/m0/s1. The lowest BCUT2D eigenvalue weighted by Gasteiger charge is -2.30. The Morgan fingerprint density at radius 3 is 1.76 bits per heavy atom. The molecule has 198 valence electrons. The highest BCUT2D eigenvalue weighted by atomic mass is 16.5. The SMILES string of the molecule is COc1cc(C(C)(C)C)c(OC(=O)C[C@H](C)[C@@H](C(=O)O)N2C(=O)c3ccccc3C2=O)c(C(C)(C)C)c1. The molecule has 0 bridgehead atoms. The minimum atomic E-state index is -1.53. The van der Waals surface area contributed by atoms with Gasteiger partial charge in [-0.2, -0.15) is 0 Å². The number of nitrogens with zero attached hydrogens (tertiary/aromatic N) is 1. The third-order valence-electron chi connectivity index (χ3n) is 6.51. The lowest BCUT2D eigenvalue weighted by atomic mass is 9.79. The summed E-state index contributed by atoms with van der Waals surface area (Å²) in [6.45, 7) is 13.5. The third-order valence-corrected chi connectivity index (χ3v) is 6.51. The van der Waals surface area contributed by atoms with Crippen molar-refractivity contribution in [1.82, 2.24) is 4.90 Å². The number of amides is 2. The number of carboxylic acids is 1. The predicted octanol–water partition coefficient (Wildman–Crippen LogP) is 4.97. The summed E-state index contributed by atoms with van der Waals surface area (Å²) in [4.78, 5) is 52.0. The Labute approximate surface area is 217 Å². The van der Waals surface area contributed by atoms with E-state index in [1.54, 1.807) is 19.2 Å². The van der Waals surface area contributed by atoms with Gasteiger partial charge in [-0.15, -0.1) is 0 Å². The summed E-state index contributed by atoms with van der Waals surface area (Å²) in [5.74, 6) is -3.25. The van der Waals surface area contributed by atoms with Crippen LogP contribution in [0.4, 0.5) is 0 Å². The quantitative estimate of drug-likeness (QED) is 0.319. The van der Waals surface area contributed by atoms with Crippen molar-refractivity contribution < 1.29 is 33.8 Å². The highest BCUT2D eigenvalue weighted by Gasteiger charge is 2.45. The first-order valence-electron chi connectivity index (χ1n) is 12.2. The molecule has 0 aliphatic carbocycles. The molecule has 3 rings (SSSR count). The second-order valence-electron chi connectivity index (χ2n) is 11.5. The van der Waals surface area contributed by atoms with E-state index in [4.69, 9.17) is 9.47 Å². The number of imide groups is 1. The summed E-state index contributed by atoms with van der Waals surface area (Å²) in [7, 11) is 1.58. The summed E-state index contributed by atoms with van der Waals surface area (Å²) in [6.07, 6.45) is -0.316. The minimum Gasteiger partial charge on any atom is -0.497 e. The first-order chi connectivity index (χ1) is 17.1. The van der Waals surface area contributed by atoms with Gasteiger partial charge in [0.1, 0.15) is 17.5 Å². The average Bonchev–Trinajstić information content (AvgIpc) is 3.03. The molecule has 2 amide bonds. The van der Waals surface area contributed by atoms with Crippen molar-refractivity contribution in [2.24, 2.45) is 5.92 Å². The van der Waals surface area contributed by atoms with E-state index >= 15 is 0 Å². The Kier molecular flexibility index (Phi) is 7.54. The van der Waals surface area contributed by atoms with Gasteiger partial charge in [0.2, 0.25) is 0 Å². The molecular formula is C29H35NO7. The molecular weight excluding hydrogens is 474 g/mol. The summed E-state index contributed by atoms with van der Waals surface area (Å²) < 4.78 is 11.4. The normalized spacial score (nSPS) is 15.3. The van der Waals surface area contributed by atoms with Gasteiger partial charge in [0.05, 0.1) is 24.7 Å². The van der Waals surface area contributed by atoms with Crippen molar-refractivity contribution in [2.45, 2.75) is 71.8 Å². The van der Waals surface area contributed by atoms with Crippen LogP contribution in [0.3, 0.4) is 0 Å². The van der Waals surface area contributed by atoms with Crippen LogP contribution in [-0.2, 0) is 20.4 Å². The van der Waals surface area contributed by atoms with E-state index in [2.05, 4.69) is 0 Å². The highest BCUT2D eigenvalue weighted by molar-refractivity contribution is 6.22. The zero-order valence-corrected chi connectivity index (χ0v) is 22.7. The number of esters is 1. The van der Waals surface area contributed by atoms with Crippen molar-refractivity contribution >= 4 is 23.8 Å². The maximum absolute atomic E-state index is 13.2. The number of hydrogen-bond acceptors (Lipinski definition) is 6.